The van der Waals surface area contributed by atoms with E-state index in [1.54, 1.807) is 0 Å². The highest BCUT2D eigenvalue weighted by molar-refractivity contribution is 6.00. The van der Waals surface area contributed by atoms with Gasteiger partial charge in [0.1, 0.15) is 5.70 Å². The van der Waals surface area contributed by atoms with Gasteiger partial charge in [0.05, 0.1) is 12.0 Å². The normalized spacial score (nSPS) is 30.9. The lowest BCUT2D eigenvalue weighted by Crippen LogP contribution is -2.60. The number of hydrogen-bond donors (Lipinski definition) is 1. The van der Waals surface area contributed by atoms with Crippen molar-refractivity contribution in [2.75, 3.05) is 0 Å². The molecule has 2 aliphatic heterocycles. The fraction of sp³-hybridized carbons (Fsp3) is 0.571. The minimum atomic E-state index is -0.997. The second kappa shape index (κ2) is 4.59. The highest BCUT2D eigenvalue weighted by atomic mass is 16.4. The molecule has 2 rings (SSSR count). The Morgan fingerprint density at radius 3 is 2.61 bits per heavy atom. The number of allylic oxidation sites excluding steroid dienone is 2. The first-order valence-corrected chi connectivity index (χ1v) is 6.51. The molecule has 0 aliphatic carbocycles. The second-order valence-corrected chi connectivity index (χ2v) is 4.92. The zero-order chi connectivity index (χ0) is 13.4. The van der Waals surface area contributed by atoms with Crippen LogP contribution in [0.2, 0.25) is 0 Å². The van der Waals surface area contributed by atoms with Crippen LogP contribution in [0.1, 0.15) is 33.6 Å². The average Bonchev–Trinajstić information content (AvgIpc) is 2.58. The van der Waals surface area contributed by atoms with Gasteiger partial charge < -0.3 is 10.0 Å². The number of amides is 1. The SMILES string of the molecule is CC/C=C/C1=C(C(=O)O)N2C(=O)C(CC)[C@H]2C1C. The molecule has 0 spiro atoms. The highest BCUT2D eigenvalue weighted by Gasteiger charge is 2.56. The van der Waals surface area contributed by atoms with Gasteiger partial charge >= 0.3 is 5.97 Å². The quantitative estimate of drug-likeness (QED) is 0.777. The van der Waals surface area contributed by atoms with E-state index < -0.39 is 5.97 Å². The van der Waals surface area contributed by atoms with Crippen molar-refractivity contribution >= 4 is 11.9 Å². The van der Waals surface area contributed by atoms with Crippen LogP contribution in [0.3, 0.4) is 0 Å². The molecule has 1 saturated heterocycles. The lowest BCUT2D eigenvalue weighted by atomic mass is 9.79. The first-order chi connectivity index (χ1) is 8.54. The number of carboxylic acids is 1. The van der Waals surface area contributed by atoms with Gasteiger partial charge in [-0.25, -0.2) is 4.79 Å². The number of rotatable bonds is 4. The molecular weight excluding hydrogens is 230 g/mol. The van der Waals surface area contributed by atoms with Crippen molar-refractivity contribution in [3.63, 3.8) is 0 Å². The fourth-order valence-corrected chi connectivity index (χ4v) is 3.06. The van der Waals surface area contributed by atoms with Crippen LogP contribution in [0.4, 0.5) is 0 Å². The Bertz CT molecular complexity index is 450. The molecule has 2 unspecified atom stereocenters. The predicted molar refractivity (Wildman–Crippen MR) is 67.7 cm³/mol. The van der Waals surface area contributed by atoms with Crippen LogP contribution in [-0.2, 0) is 9.59 Å². The van der Waals surface area contributed by atoms with Crippen molar-refractivity contribution in [2.45, 2.75) is 39.7 Å². The monoisotopic (exact) mass is 249 g/mol. The summed E-state index contributed by atoms with van der Waals surface area (Å²) in [5, 5.41) is 9.31. The topological polar surface area (TPSA) is 57.6 Å². The fourth-order valence-electron chi connectivity index (χ4n) is 3.06. The predicted octanol–water partition coefficient (Wildman–Crippen LogP) is 2.18. The van der Waals surface area contributed by atoms with E-state index in [0.29, 0.717) is 0 Å². The molecular formula is C14H19NO3. The summed E-state index contributed by atoms with van der Waals surface area (Å²) >= 11 is 0. The largest absolute Gasteiger partial charge is 0.477 e. The van der Waals surface area contributed by atoms with Gasteiger partial charge in [-0.05, 0) is 18.4 Å². The number of carbonyl (C=O) groups is 2. The van der Waals surface area contributed by atoms with Gasteiger partial charge in [0.25, 0.3) is 0 Å². The third-order valence-corrected chi connectivity index (χ3v) is 3.96. The van der Waals surface area contributed by atoms with Crippen LogP contribution in [0.5, 0.6) is 0 Å². The molecule has 1 N–H and O–H groups in total. The van der Waals surface area contributed by atoms with E-state index in [1.165, 1.54) is 4.90 Å². The molecule has 2 heterocycles. The Morgan fingerprint density at radius 2 is 2.11 bits per heavy atom. The summed E-state index contributed by atoms with van der Waals surface area (Å²) in [6, 6.07) is 0.0464. The molecule has 4 heteroatoms. The van der Waals surface area contributed by atoms with Crippen LogP contribution < -0.4 is 0 Å². The van der Waals surface area contributed by atoms with Gasteiger partial charge in [-0.1, -0.05) is 32.9 Å². The lowest BCUT2D eigenvalue weighted by Gasteiger charge is -2.44. The summed E-state index contributed by atoms with van der Waals surface area (Å²) in [4.78, 5) is 24.8. The molecule has 4 nitrogen and oxygen atoms in total. The molecule has 2 aliphatic rings. The molecule has 0 aromatic heterocycles. The maximum Gasteiger partial charge on any atom is 0.352 e. The van der Waals surface area contributed by atoms with Crippen LogP contribution in [0.15, 0.2) is 23.4 Å². The number of carbonyl (C=O) groups excluding carboxylic acids is 1. The zero-order valence-electron chi connectivity index (χ0n) is 11.0. The Balaban J connectivity index is 2.40. The Morgan fingerprint density at radius 1 is 1.44 bits per heavy atom. The molecule has 18 heavy (non-hydrogen) atoms. The van der Waals surface area contributed by atoms with E-state index in [9.17, 15) is 14.7 Å². The molecule has 0 radical (unpaired) electrons. The zero-order valence-corrected chi connectivity index (χ0v) is 11.0. The minimum Gasteiger partial charge on any atom is -0.477 e. The molecule has 0 aromatic rings. The third-order valence-electron chi connectivity index (χ3n) is 3.96. The molecule has 1 fully saturated rings. The smallest absolute Gasteiger partial charge is 0.352 e. The number of fused-ring (bicyclic) bond motifs is 1. The number of carboxylic acid groups (broad SMARTS) is 1. The molecule has 0 aromatic carbocycles. The van der Waals surface area contributed by atoms with E-state index in [-0.39, 0.29) is 29.5 Å². The van der Waals surface area contributed by atoms with Crippen LogP contribution in [0.25, 0.3) is 0 Å². The summed E-state index contributed by atoms with van der Waals surface area (Å²) in [7, 11) is 0. The van der Waals surface area contributed by atoms with E-state index in [0.717, 1.165) is 18.4 Å². The number of aliphatic carboxylic acids is 1. The van der Waals surface area contributed by atoms with Crippen molar-refractivity contribution < 1.29 is 14.7 Å². The summed E-state index contributed by atoms with van der Waals surface area (Å²) in [6.07, 6.45) is 5.46. The van der Waals surface area contributed by atoms with Gasteiger partial charge in [0.15, 0.2) is 0 Å². The van der Waals surface area contributed by atoms with Gasteiger partial charge in [0, 0.05) is 5.92 Å². The summed E-state index contributed by atoms with van der Waals surface area (Å²) in [5.74, 6) is -0.932. The second-order valence-electron chi connectivity index (χ2n) is 4.92. The van der Waals surface area contributed by atoms with Gasteiger partial charge in [0.2, 0.25) is 5.91 Å². The summed E-state index contributed by atoms with van der Waals surface area (Å²) in [6.45, 7) is 6.00. The maximum absolute atomic E-state index is 12.0. The number of nitrogens with zero attached hydrogens (tertiary/aromatic N) is 1. The van der Waals surface area contributed by atoms with E-state index in [4.69, 9.17) is 0 Å². The van der Waals surface area contributed by atoms with Crippen LogP contribution >= 0.6 is 0 Å². The van der Waals surface area contributed by atoms with Crippen LogP contribution in [-0.4, -0.2) is 27.9 Å². The number of β-lactam (4-membered cyclic amide) rings is 1. The Labute approximate surface area is 107 Å². The van der Waals surface area contributed by atoms with Crippen molar-refractivity contribution in [3.8, 4) is 0 Å². The van der Waals surface area contributed by atoms with E-state index >= 15 is 0 Å². The van der Waals surface area contributed by atoms with Crippen molar-refractivity contribution in [2.24, 2.45) is 11.8 Å². The summed E-state index contributed by atoms with van der Waals surface area (Å²) < 4.78 is 0. The Kier molecular flexibility index (Phi) is 3.28. The first-order valence-electron chi connectivity index (χ1n) is 6.51. The van der Waals surface area contributed by atoms with Crippen molar-refractivity contribution in [1.29, 1.82) is 0 Å². The molecule has 98 valence electrons. The number of hydrogen-bond acceptors (Lipinski definition) is 2. The van der Waals surface area contributed by atoms with Crippen molar-refractivity contribution in [3.05, 3.63) is 23.4 Å². The minimum absolute atomic E-state index is 0.0122. The molecule has 0 saturated carbocycles. The van der Waals surface area contributed by atoms with Gasteiger partial charge in [-0.2, -0.15) is 0 Å². The van der Waals surface area contributed by atoms with Crippen molar-refractivity contribution in [1.82, 2.24) is 4.90 Å². The average molecular weight is 249 g/mol. The van der Waals surface area contributed by atoms with E-state index in [2.05, 4.69) is 0 Å². The summed E-state index contributed by atoms with van der Waals surface area (Å²) in [5.41, 5.74) is 0.977. The van der Waals surface area contributed by atoms with Gasteiger partial charge in [-0.15, -0.1) is 0 Å². The maximum atomic E-state index is 12.0. The first kappa shape index (κ1) is 12.9. The molecule has 0 bridgehead atoms. The molecule has 1 amide bonds. The Hall–Kier alpha value is -1.58. The third kappa shape index (κ3) is 1.59. The highest BCUT2D eigenvalue weighted by Crippen LogP contribution is 2.47. The molecule has 3 atom stereocenters. The van der Waals surface area contributed by atoms with E-state index in [1.807, 2.05) is 32.9 Å². The lowest BCUT2D eigenvalue weighted by molar-refractivity contribution is -0.156. The van der Waals surface area contributed by atoms with Crippen LogP contribution in [0, 0.1) is 11.8 Å². The standard InChI is InChI=1S/C14H19NO3/c1-4-6-7-10-8(3)11-9(5-2)13(16)15(11)12(10)14(17)18/h6-9,11H,4-5H2,1-3H3,(H,17,18)/b7-6+/t8?,9?,11-/m1/s1. The van der Waals surface area contributed by atoms with Gasteiger partial charge in [-0.3, -0.25) is 4.79 Å².